The maximum atomic E-state index is 8.94. The molecule has 3 heteroatoms. The van der Waals surface area contributed by atoms with Gasteiger partial charge in [-0.1, -0.05) is 0 Å². The van der Waals surface area contributed by atoms with E-state index in [-0.39, 0.29) is 0 Å². The van der Waals surface area contributed by atoms with Crippen molar-refractivity contribution in [1.82, 2.24) is 4.90 Å². The van der Waals surface area contributed by atoms with Crippen molar-refractivity contribution < 1.29 is 5.11 Å². The van der Waals surface area contributed by atoms with E-state index in [1.807, 2.05) is 0 Å². The highest BCUT2D eigenvalue weighted by atomic mass is 16.3. The van der Waals surface area contributed by atoms with Gasteiger partial charge < -0.3 is 15.7 Å². The number of hydrogen-bond acceptors (Lipinski definition) is 3. The van der Waals surface area contributed by atoms with Crippen molar-refractivity contribution in [3.63, 3.8) is 0 Å². The normalized spacial score (nSPS) is 27.8. The van der Waals surface area contributed by atoms with Gasteiger partial charge in [-0.05, 0) is 38.8 Å². The Labute approximate surface area is 74.5 Å². The van der Waals surface area contributed by atoms with Crippen LogP contribution in [-0.4, -0.2) is 42.3 Å². The summed E-state index contributed by atoms with van der Waals surface area (Å²) in [7, 11) is 0. The van der Waals surface area contributed by atoms with Crippen LogP contribution in [0.15, 0.2) is 0 Å². The minimum Gasteiger partial charge on any atom is -0.396 e. The maximum Gasteiger partial charge on any atom is 0.0471 e. The molecule has 0 aromatic rings. The zero-order chi connectivity index (χ0) is 8.97. The molecule has 1 rings (SSSR count). The number of nitrogens with two attached hydrogens (primary N) is 1. The van der Waals surface area contributed by atoms with Gasteiger partial charge in [0.05, 0.1) is 0 Å². The lowest BCUT2D eigenvalue weighted by atomic mass is 10.1. The van der Waals surface area contributed by atoms with Crippen LogP contribution in [0.3, 0.4) is 0 Å². The average molecular weight is 172 g/mol. The minimum absolute atomic E-state index is 0.339. The van der Waals surface area contributed by atoms with Gasteiger partial charge >= 0.3 is 0 Å². The monoisotopic (exact) mass is 172 g/mol. The molecule has 2 unspecified atom stereocenters. The number of rotatable bonds is 4. The molecule has 1 saturated heterocycles. The number of hydrogen-bond donors (Lipinski definition) is 2. The van der Waals surface area contributed by atoms with Gasteiger partial charge in [0.1, 0.15) is 0 Å². The van der Waals surface area contributed by atoms with Crippen molar-refractivity contribution in [3.8, 4) is 0 Å². The Morgan fingerprint density at radius 2 is 2.42 bits per heavy atom. The molecular formula is C9H20N2O. The van der Waals surface area contributed by atoms with E-state index >= 15 is 0 Å². The van der Waals surface area contributed by atoms with E-state index in [1.165, 1.54) is 0 Å². The summed E-state index contributed by atoms with van der Waals surface area (Å²) in [5.74, 6) is 0.505. The first-order valence-electron chi connectivity index (χ1n) is 4.83. The van der Waals surface area contributed by atoms with Gasteiger partial charge in [0.2, 0.25) is 0 Å². The van der Waals surface area contributed by atoms with E-state index in [1.54, 1.807) is 0 Å². The molecule has 1 aliphatic rings. The van der Waals surface area contributed by atoms with Crippen LogP contribution in [0.25, 0.3) is 0 Å². The van der Waals surface area contributed by atoms with Gasteiger partial charge in [-0.25, -0.2) is 0 Å². The SMILES string of the molecule is CC(CCN)N1CCC(CO)C1. The van der Waals surface area contributed by atoms with Crippen molar-refractivity contribution in [2.24, 2.45) is 11.7 Å². The number of likely N-dealkylation sites (tertiary alicyclic amines) is 1. The van der Waals surface area contributed by atoms with Crippen LogP contribution in [0.4, 0.5) is 0 Å². The fraction of sp³-hybridized carbons (Fsp3) is 1.00. The summed E-state index contributed by atoms with van der Waals surface area (Å²) in [5.41, 5.74) is 5.49. The number of nitrogens with zero attached hydrogens (tertiary/aromatic N) is 1. The third kappa shape index (κ3) is 2.44. The highest BCUT2D eigenvalue weighted by Gasteiger charge is 2.24. The number of aliphatic hydroxyl groups excluding tert-OH is 1. The molecule has 0 aromatic heterocycles. The molecule has 0 spiro atoms. The van der Waals surface area contributed by atoms with Crippen LogP contribution in [0.2, 0.25) is 0 Å². The fourth-order valence-electron chi connectivity index (χ4n) is 1.84. The van der Waals surface area contributed by atoms with Crippen molar-refractivity contribution >= 4 is 0 Å². The maximum absolute atomic E-state index is 8.94. The number of aliphatic hydroxyl groups is 1. The molecule has 1 aliphatic heterocycles. The summed E-state index contributed by atoms with van der Waals surface area (Å²) < 4.78 is 0. The molecule has 0 radical (unpaired) electrons. The van der Waals surface area contributed by atoms with Crippen molar-refractivity contribution in [2.45, 2.75) is 25.8 Å². The van der Waals surface area contributed by atoms with Gasteiger partial charge in [-0.2, -0.15) is 0 Å². The molecule has 2 atom stereocenters. The smallest absolute Gasteiger partial charge is 0.0471 e. The highest BCUT2D eigenvalue weighted by Crippen LogP contribution is 2.18. The van der Waals surface area contributed by atoms with Gasteiger partial charge in [-0.15, -0.1) is 0 Å². The Balaban J connectivity index is 2.25. The van der Waals surface area contributed by atoms with Crippen LogP contribution >= 0.6 is 0 Å². The second-order valence-electron chi connectivity index (χ2n) is 3.76. The molecule has 1 heterocycles. The first-order chi connectivity index (χ1) is 5.77. The van der Waals surface area contributed by atoms with Gasteiger partial charge in [0.15, 0.2) is 0 Å². The van der Waals surface area contributed by atoms with E-state index in [0.29, 0.717) is 18.6 Å². The molecule has 0 saturated carbocycles. The summed E-state index contributed by atoms with van der Waals surface area (Å²) >= 11 is 0. The van der Waals surface area contributed by atoms with E-state index in [0.717, 1.165) is 32.5 Å². The third-order valence-electron chi connectivity index (χ3n) is 2.78. The highest BCUT2D eigenvalue weighted by molar-refractivity contribution is 4.78. The lowest BCUT2D eigenvalue weighted by molar-refractivity contribution is 0.200. The van der Waals surface area contributed by atoms with E-state index in [9.17, 15) is 0 Å². The molecular weight excluding hydrogens is 152 g/mol. The van der Waals surface area contributed by atoms with Crippen molar-refractivity contribution in [3.05, 3.63) is 0 Å². The first-order valence-corrected chi connectivity index (χ1v) is 4.83. The lowest BCUT2D eigenvalue weighted by Gasteiger charge is -2.23. The molecule has 3 N–H and O–H groups in total. The predicted molar refractivity (Wildman–Crippen MR) is 49.9 cm³/mol. The first kappa shape index (κ1) is 9.96. The molecule has 0 amide bonds. The summed E-state index contributed by atoms with van der Waals surface area (Å²) in [6.07, 6.45) is 2.21. The molecule has 12 heavy (non-hydrogen) atoms. The Morgan fingerprint density at radius 3 is 2.92 bits per heavy atom. The Kier molecular flexibility index (Phi) is 3.98. The largest absolute Gasteiger partial charge is 0.396 e. The third-order valence-corrected chi connectivity index (χ3v) is 2.78. The minimum atomic E-state index is 0.339. The lowest BCUT2D eigenvalue weighted by Crippen LogP contribution is -2.32. The Bertz CT molecular complexity index is 130. The Morgan fingerprint density at radius 1 is 1.67 bits per heavy atom. The summed E-state index contributed by atoms with van der Waals surface area (Å²) in [6.45, 7) is 5.50. The molecule has 3 nitrogen and oxygen atoms in total. The van der Waals surface area contributed by atoms with Gasteiger partial charge in [0, 0.05) is 19.2 Å². The van der Waals surface area contributed by atoms with E-state index < -0.39 is 0 Å². The fourth-order valence-corrected chi connectivity index (χ4v) is 1.84. The quantitative estimate of drug-likeness (QED) is 0.629. The van der Waals surface area contributed by atoms with Crippen LogP contribution in [0.1, 0.15) is 19.8 Å². The van der Waals surface area contributed by atoms with Gasteiger partial charge in [-0.3, -0.25) is 0 Å². The molecule has 72 valence electrons. The van der Waals surface area contributed by atoms with Crippen molar-refractivity contribution in [1.29, 1.82) is 0 Å². The summed E-state index contributed by atoms with van der Waals surface area (Å²) in [5, 5.41) is 8.94. The Hall–Kier alpha value is -0.120. The van der Waals surface area contributed by atoms with E-state index in [2.05, 4.69) is 11.8 Å². The average Bonchev–Trinajstić information content (AvgIpc) is 2.52. The zero-order valence-corrected chi connectivity index (χ0v) is 7.87. The standard InChI is InChI=1S/C9H20N2O/c1-8(2-4-10)11-5-3-9(6-11)7-12/h8-9,12H,2-7,10H2,1H3. The molecule has 1 fully saturated rings. The van der Waals surface area contributed by atoms with Gasteiger partial charge in [0.25, 0.3) is 0 Å². The van der Waals surface area contributed by atoms with Crippen LogP contribution in [0.5, 0.6) is 0 Å². The van der Waals surface area contributed by atoms with E-state index in [4.69, 9.17) is 10.8 Å². The molecule has 0 bridgehead atoms. The molecule has 0 aliphatic carbocycles. The van der Waals surface area contributed by atoms with Crippen molar-refractivity contribution in [2.75, 3.05) is 26.2 Å². The van der Waals surface area contributed by atoms with Crippen LogP contribution in [0, 0.1) is 5.92 Å². The predicted octanol–water partition coefficient (Wildman–Crippen LogP) is 0.0379. The summed E-state index contributed by atoms with van der Waals surface area (Å²) in [4.78, 5) is 2.42. The topological polar surface area (TPSA) is 49.5 Å². The molecule has 0 aromatic carbocycles. The second-order valence-corrected chi connectivity index (χ2v) is 3.76. The summed E-state index contributed by atoms with van der Waals surface area (Å²) in [6, 6.07) is 0.589. The zero-order valence-electron chi connectivity index (χ0n) is 7.87. The van der Waals surface area contributed by atoms with Crippen LogP contribution < -0.4 is 5.73 Å². The van der Waals surface area contributed by atoms with Crippen LogP contribution in [-0.2, 0) is 0 Å². The second kappa shape index (κ2) is 4.80.